The molecule has 0 aromatic heterocycles. The van der Waals surface area contributed by atoms with Gasteiger partial charge < -0.3 is 20.1 Å². The molecule has 0 heterocycles. The Morgan fingerprint density at radius 3 is 2.63 bits per heavy atom. The van der Waals surface area contributed by atoms with E-state index in [0.717, 1.165) is 23.5 Å². The third-order valence-corrected chi connectivity index (χ3v) is 2.79. The van der Waals surface area contributed by atoms with E-state index in [2.05, 4.69) is 10.6 Å². The first kappa shape index (κ1) is 15.1. The summed E-state index contributed by atoms with van der Waals surface area (Å²) in [7, 11) is 3.22. The first-order chi connectivity index (χ1) is 9.12. The molecule has 106 valence electrons. The molecule has 0 bridgehead atoms. The Morgan fingerprint density at radius 2 is 2.05 bits per heavy atom. The zero-order valence-corrected chi connectivity index (χ0v) is 11.9. The smallest absolute Gasteiger partial charge is 0.315 e. The number of methoxy groups -OCH3 is 2. The fraction of sp³-hybridized carbons (Fsp3) is 0.500. The average molecular weight is 266 g/mol. The lowest BCUT2D eigenvalue weighted by Crippen LogP contribution is -2.37. The molecule has 0 fully saturated rings. The zero-order valence-electron chi connectivity index (χ0n) is 11.9. The minimum absolute atomic E-state index is 0.165. The highest BCUT2D eigenvalue weighted by molar-refractivity contribution is 5.74. The van der Waals surface area contributed by atoms with Gasteiger partial charge in [0.1, 0.15) is 11.5 Å². The van der Waals surface area contributed by atoms with Crippen molar-refractivity contribution < 1.29 is 14.3 Å². The Balaban J connectivity index is 2.79. The summed E-state index contributed by atoms with van der Waals surface area (Å²) in [5.74, 6) is 1.46. The van der Waals surface area contributed by atoms with Crippen LogP contribution in [-0.4, -0.2) is 26.8 Å². The summed E-state index contributed by atoms with van der Waals surface area (Å²) in [4.78, 5) is 11.6. The molecule has 0 aliphatic carbocycles. The van der Waals surface area contributed by atoms with Gasteiger partial charge in [-0.3, -0.25) is 0 Å². The van der Waals surface area contributed by atoms with Crippen LogP contribution in [0.3, 0.4) is 0 Å². The van der Waals surface area contributed by atoms with Crippen LogP contribution in [0.1, 0.15) is 31.9 Å². The van der Waals surface area contributed by atoms with Crippen molar-refractivity contribution in [2.45, 2.75) is 26.3 Å². The Kier molecular flexibility index (Phi) is 5.99. The van der Waals surface area contributed by atoms with Gasteiger partial charge in [-0.25, -0.2) is 4.79 Å². The molecule has 1 atom stereocenters. The van der Waals surface area contributed by atoms with Gasteiger partial charge in [-0.05, 0) is 31.5 Å². The lowest BCUT2D eigenvalue weighted by molar-refractivity contribution is 0.237. The van der Waals surface area contributed by atoms with Crippen LogP contribution in [0.5, 0.6) is 11.5 Å². The minimum Gasteiger partial charge on any atom is -0.497 e. The standard InChI is InChI=1S/C14H22N2O3/c1-5-8-15-14(17)16-10(2)12-9-11(18-3)6-7-13(12)19-4/h6-7,9-10H,5,8H2,1-4H3,(H2,15,16,17). The molecule has 1 unspecified atom stereocenters. The predicted octanol–water partition coefficient (Wildman–Crippen LogP) is 2.47. The molecule has 0 spiro atoms. The normalized spacial score (nSPS) is 11.6. The molecule has 2 amide bonds. The number of hydrogen-bond acceptors (Lipinski definition) is 3. The summed E-state index contributed by atoms with van der Waals surface area (Å²) in [5.41, 5.74) is 0.883. The maximum atomic E-state index is 11.6. The highest BCUT2D eigenvalue weighted by atomic mass is 16.5. The van der Waals surface area contributed by atoms with E-state index >= 15 is 0 Å². The number of carbonyl (C=O) groups is 1. The van der Waals surface area contributed by atoms with Crippen LogP contribution >= 0.6 is 0 Å². The second-order valence-corrected chi connectivity index (χ2v) is 4.23. The maximum Gasteiger partial charge on any atom is 0.315 e. The highest BCUT2D eigenvalue weighted by Gasteiger charge is 2.14. The van der Waals surface area contributed by atoms with Gasteiger partial charge in [0.05, 0.1) is 20.3 Å². The number of benzene rings is 1. The van der Waals surface area contributed by atoms with Crippen molar-refractivity contribution in [2.75, 3.05) is 20.8 Å². The van der Waals surface area contributed by atoms with Crippen LogP contribution in [0, 0.1) is 0 Å². The van der Waals surface area contributed by atoms with E-state index in [1.165, 1.54) is 0 Å². The Bertz CT molecular complexity index is 421. The third kappa shape index (κ3) is 4.35. The average Bonchev–Trinajstić information content (AvgIpc) is 2.44. The van der Waals surface area contributed by atoms with Gasteiger partial charge in [-0.1, -0.05) is 6.92 Å². The second kappa shape index (κ2) is 7.51. The monoisotopic (exact) mass is 266 g/mol. The number of amides is 2. The predicted molar refractivity (Wildman–Crippen MR) is 74.8 cm³/mol. The van der Waals surface area contributed by atoms with Crippen LogP contribution in [-0.2, 0) is 0 Å². The largest absolute Gasteiger partial charge is 0.497 e. The summed E-state index contributed by atoms with van der Waals surface area (Å²) in [6.07, 6.45) is 0.907. The van der Waals surface area contributed by atoms with E-state index in [-0.39, 0.29) is 12.1 Å². The van der Waals surface area contributed by atoms with Crippen molar-refractivity contribution in [3.63, 3.8) is 0 Å². The maximum absolute atomic E-state index is 11.6. The molecule has 0 aliphatic rings. The Labute approximate surface area is 114 Å². The van der Waals surface area contributed by atoms with E-state index in [1.807, 2.05) is 32.0 Å². The van der Waals surface area contributed by atoms with Crippen LogP contribution in [0.4, 0.5) is 4.79 Å². The molecule has 1 aromatic rings. The second-order valence-electron chi connectivity index (χ2n) is 4.23. The number of urea groups is 1. The first-order valence-electron chi connectivity index (χ1n) is 6.38. The summed E-state index contributed by atoms with van der Waals surface area (Å²) >= 11 is 0. The fourth-order valence-corrected chi connectivity index (χ4v) is 1.74. The molecular formula is C14H22N2O3. The summed E-state index contributed by atoms with van der Waals surface area (Å²) < 4.78 is 10.5. The SMILES string of the molecule is CCCNC(=O)NC(C)c1cc(OC)ccc1OC. The lowest BCUT2D eigenvalue weighted by atomic mass is 10.1. The van der Waals surface area contributed by atoms with E-state index in [1.54, 1.807) is 14.2 Å². The molecule has 5 nitrogen and oxygen atoms in total. The molecule has 0 radical (unpaired) electrons. The molecule has 0 saturated heterocycles. The van der Waals surface area contributed by atoms with Crippen LogP contribution < -0.4 is 20.1 Å². The molecular weight excluding hydrogens is 244 g/mol. The number of hydrogen-bond donors (Lipinski definition) is 2. The topological polar surface area (TPSA) is 59.6 Å². The molecule has 0 aliphatic heterocycles. The fourth-order valence-electron chi connectivity index (χ4n) is 1.74. The number of nitrogens with one attached hydrogen (secondary N) is 2. The van der Waals surface area contributed by atoms with Gasteiger partial charge in [-0.15, -0.1) is 0 Å². The van der Waals surface area contributed by atoms with Crippen LogP contribution in [0.15, 0.2) is 18.2 Å². The Hall–Kier alpha value is -1.91. The quantitative estimate of drug-likeness (QED) is 0.831. The van der Waals surface area contributed by atoms with E-state index < -0.39 is 0 Å². The molecule has 19 heavy (non-hydrogen) atoms. The van der Waals surface area contributed by atoms with Gasteiger partial charge in [0, 0.05) is 12.1 Å². The Morgan fingerprint density at radius 1 is 1.32 bits per heavy atom. The molecule has 0 saturated carbocycles. The molecule has 2 N–H and O–H groups in total. The van der Waals surface area contributed by atoms with Crippen molar-refractivity contribution in [3.05, 3.63) is 23.8 Å². The zero-order chi connectivity index (χ0) is 14.3. The minimum atomic E-state index is -0.181. The number of ether oxygens (including phenoxy) is 2. The van der Waals surface area contributed by atoms with Crippen LogP contribution in [0.2, 0.25) is 0 Å². The molecule has 5 heteroatoms. The summed E-state index contributed by atoms with van der Waals surface area (Å²) in [6, 6.07) is 5.17. The number of carbonyl (C=O) groups excluding carboxylic acids is 1. The van der Waals surface area contributed by atoms with E-state index in [4.69, 9.17) is 9.47 Å². The van der Waals surface area contributed by atoms with E-state index in [9.17, 15) is 4.79 Å². The van der Waals surface area contributed by atoms with Crippen molar-refractivity contribution in [1.29, 1.82) is 0 Å². The summed E-state index contributed by atoms with van der Waals surface area (Å²) in [5, 5.41) is 5.65. The molecule has 1 rings (SSSR count). The first-order valence-corrected chi connectivity index (χ1v) is 6.38. The van der Waals surface area contributed by atoms with Crippen LogP contribution in [0.25, 0.3) is 0 Å². The van der Waals surface area contributed by atoms with Gasteiger partial charge in [0.2, 0.25) is 0 Å². The van der Waals surface area contributed by atoms with Crippen molar-refractivity contribution in [1.82, 2.24) is 10.6 Å². The van der Waals surface area contributed by atoms with Gasteiger partial charge in [0.25, 0.3) is 0 Å². The lowest BCUT2D eigenvalue weighted by Gasteiger charge is -2.18. The number of rotatable bonds is 6. The van der Waals surface area contributed by atoms with Gasteiger partial charge in [0.15, 0.2) is 0 Å². The highest BCUT2D eigenvalue weighted by Crippen LogP contribution is 2.29. The van der Waals surface area contributed by atoms with Crippen molar-refractivity contribution in [2.24, 2.45) is 0 Å². The molecule has 1 aromatic carbocycles. The van der Waals surface area contributed by atoms with Gasteiger partial charge in [-0.2, -0.15) is 0 Å². The van der Waals surface area contributed by atoms with Crippen molar-refractivity contribution >= 4 is 6.03 Å². The van der Waals surface area contributed by atoms with Crippen molar-refractivity contribution in [3.8, 4) is 11.5 Å². The third-order valence-electron chi connectivity index (χ3n) is 2.79. The van der Waals surface area contributed by atoms with E-state index in [0.29, 0.717) is 6.54 Å². The van der Waals surface area contributed by atoms with Gasteiger partial charge >= 0.3 is 6.03 Å². The summed E-state index contributed by atoms with van der Waals surface area (Å²) in [6.45, 7) is 4.57.